The van der Waals surface area contributed by atoms with Crippen molar-refractivity contribution >= 4 is 23.7 Å². The van der Waals surface area contributed by atoms with Crippen LogP contribution in [0.5, 0.6) is 11.5 Å². The number of ether oxygens (including phenoxy) is 2. The van der Waals surface area contributed by atoms with E-state index in [0.717, 1.165) is 17.1 Å². The lowest BCUT2D eigenvalue weighted by molar-refractivity contribution is -0.119. The summed E-state index contributed by atoms with van der Waals surface area (Å²) >= 11 is 1.36. The summed E-state index contributed by atoms with van der Waals surface area (Å²) in [6.45, 7) is 3.00. The highest BCUT2D eigenvalue weighted by Crippen LogP contribution is 2.35. The van der Waals surface area contributed by atoms with Crippen LogP contribution in [0, 0.1) is 0 Å². The van der Waals surface area contributed by atoms with E-state index < -0.39 is 11.3 Å². The molecule has 0 aromatic heterocycles. The first-order valence-corrected chi connectivity index (χ1v) is 7.57. The van der Waals surface area contributed by atoms with Crippen molar-refractivity contribution in [2.75, 3.05) is 20.3 Å². The van der Waals surface area contributed by atoms with Gasteiger partial charge in [0.15, 0.2) is 11.5 Å². The highest BCUT2D eigenvalue weighted by atomic mass is 32.2. The van der Waals surface area contributed by atoms with Crippen molar-refractivity contribution in [3.8, 4) is 11.5 Å². The molecule has 0 spiro atoms. The second-order valence-corrected chi connectivity index (χ2v) is 5.90. The quantitative estimate of drug-likeness (QED) is 0.832. The summed E-state index contributed by atoms with van der Waals surface area (Å²) in [6.07, 6.45) is 0.849. The zero-order valence-electron chi connectivity index (χ0n) is 12.0. The van der Waals surface area contributed by atoms with Gasteiger partial charge in [-0.25, -0.2) is 4.79 Å². The number of benzene rings is 1. The van der Waals surface area contributed by atoms with Crippen molar-refractivity contribution in [2.24, 2.45) is 0 Å². The molecule has 2 rings (SSSR count). The van der Waals surface area contributed by atoms with Crippen LogP contribution in [0.2, 0.25) is 0 Å². The molecule has 1 atom stereocenters. The Morgan fingerprint density at radius 1 is 1.24 bits per heavy atom. The Bertz CT molecular complexity index is 536. The van der Waals surface area contributed by atoms with E-state index in [9.17, 15) is 9.59 Å². The smallest absolute Gasteiger partial charge is 0.321 e. The zero-order valence-corrected chi connectivity index (χ0v) is 12.8. The first-order valence-electron chi connectivity index (χ1n) is 6.69. The van der Waals surface area contributed by atoms with Crippen LogP contribution in [0.25, 0.3) is 0 Å². The van der Waals surface area contributed by atoms with Crippen LogP contribution in [0.3, 0.4) is 0 Å². The van der Waals surface area contributed by atoms with Gasteiger partial charge in [-0.15, -0.1) is 11.8 Å². The zero-order chi connectivity index (χ0) is 15.2. The van der Waals surface area contributed by atoms with Crippen molar-refractivity contribution in [2.45, 2.75) is 23.5 Å². The van der Waals surface area contributed by atoms with Crippen LogP contribution < -0.4 is 20.1 Å². The number of amides is 3. The molecule has 1 aromatic carbocycles. The Morgan fingerprint density at radius 3 is 2.67 bits per heavy atom. The molecule has 0 radical (unpaired) electrons. The van der Waals surface area contributed by atoms with Crippen molar-refractivity contribution < 1.29 is 19.1 Å². The van der Waals surface area contributed by atoms with Crippen LogP contribution in [0.1, 0.15) is 13.3 Å². The topological polar surface area (TPSA) is 76.7 Å². The van der Waals surface area contributed by atoms with Gasteiger partial charge in [-0.2, -0.15) is 0 Å². The summed E-state index contributed by atoms with van der Waals surface area (Å²) in [7, 11) is 1.46. The van der Waals surface area contributed by atoms with Gasteiger partial charge in [0.1, 0.15) is 0 Å². The Labute approximate surface area is 127 Å². The second-order valence-electron chi connectivity index (χ2n) is 4.49. The Hall–Kier alpha value is -1.89. The fraction of sp³-hybridized carbons (Fsp3) is 0.429. The fourth-order valence-corrected chi connectivity index (χ4v) is 2.65. The Balaban J connectivity index is 2.01. The van der Waals surface area contributed by atoms with Gasteiger partial charge >= 0.3 is 6.03 Å². The largest absolute Gasteiger partial charge is 0.490 e. The van der Waals surface area contributed by atoms with E-state index in [1.807, 2.05) is 18.2 Å². The number of carbonyl (C=O) groups excluding carboxylic acids is 2. The minimum atomic E-state index is -0.508. The van der Waals surface area contributed by atoms with Crippen molar-refractivity contribution in [3.63, 3.8) is 0 Å². The molecule has 114 valence electrons. The SMILES string of the molecule is CNC(=O)NC(=O)C(C)Sc1ccc2c(c1)OCCCO2. The summed E-state index contributed by atoms with van der Waals surface area (Å²) in [5.74, 6) is 1.07. The first kappa shape index (κ1) is 15.5. The van der Waals surface area contributed by atoms with Crippen LogP contribution in [-0.2, 0) is 4.79 Å². The van der Waals surface area contributed by atoms with Gasteiger partial charge in [-0.05, 0) is 25.1 Å². The molecule has 0 saturated heterocycles. The van der Waals surface area contributed by atoms with E-state index in [-0.39, 0.29) is 5.91 Å². The van der Waals surface area contributed by atoms with Crippen LogP contribution in [-0.4, -0.2) is 37.4 Å². The third kappa shape index (κ3) is 4.29. The minimum absolute atomic E-state index is 0.341. The van der Waals surface area contributed by atoms with Gasteiger partial charge in [0, 0.05) is 18.4 Å². The van der Waals surface area contributed by atoms with E-state index in [1.54, 1.807) is 6.92 Å². The maximum Gasteiger partial charge on any atom is 0.321 e. The number of carbonyl (C=O) groups is 2. The van der Waals surface area contributed by atoms with Crippen LogP contribution in [0.15, 0.2) is 23.1 Å². The molecule has 0 aliphatic carbocycles. The molecule has 2 N–H and O–H groups in total. The van der Waals surface area contributed by atoms with Gasteiger partial charge in [0.25, 0.3) is 0 Å². The lowest BCUT2D eigenvalue weighted by Gasteiger charge is -2.13. The maximum atomic E-state index is 11.8. The molecular weight excluding hydrogens is 292 g/mol. The molecule has 1 aliphatic heterocycles. The normalized spacial score (nSPS) is 14.8. The van der Waals surface area contributed by atoms with Crippen molar-refractivity contribution in [3.05, 3.63) is 18.2 Å². The lowest BCUT2D eigenvalue weighted by Crippen LogP contribution is -2.41. The number of thioether (sulfide) groups is 1. The fourth-order valence-electron chi connectivity index (χ4n) is 1.75. The molecule has 1 aromatic rings. The molecule has 21 heavy (non-hydrogen) atoms. The molecule has 7 heteroatoms. The molecule has 1 unspecified atom stereocenters. The summed E-state index contributed by atoms with van der Waals surface area (Å²) in [5.41, 5.74) is 0. The third-order valence-electron chi connectivity index (χ3n) is 2.86. The lowest BCUT2D eigenvalue weighted by atomic mass is 10.3. The molecule has 3 amide bonds. The third-order valence-corrected chi connectivity index (χ3v) is 3.96. The number of nitrogens with one attached hydrogen (secondary N) is 2. The van der Waals surface area contributed by atoms with Crippen molar-refractivity contribution in [1.29, 1.82) is 0 Å². The Kier molecular flexibility index (Phi) is 5.32. The molecule has 6 nitrogen and oxygen atoms in total. The minimum Gasteiger partial charge on any atom is -0.490 e. The average molecular weight is 310 g/mol. The predicted octanol–water partition coefficient (Wildman–Crippen LogP) is 1.78. The van der Waals surface area contributed by atoms with Crippen molar-refractivity contribution in [1.82, 2.24) is 10.6 Å². The summed E-state index contributed by atoms with van der Waals surface area (Å²) in [6, 6.07) is 5.06. The van der Waals surface area contributed by atoms with E-state index in [2.05, 4.69) is 10.6 Å². The number of urea groups is 1. The molecule has 0 fully saturated rings. The average Bonchev–Trinajstić information content (AvgIpc) is 2.71. The molecule has 0 bridgehead atoms. The number of hydrogen-bond acceptors (Lipinski definition) is 5. The number of rotatable bonds is 3. The molecular formula is C14H18N2O4S. The van der Waals surface area contributed by atoms with Gasteiger partial charge in [0.2, 0.25) is 5.91 Å². The number of imide groups is 1. The van der Waals surface area contributed by atoms with Gasteiger partial charge in [0.05, 0.1) is 18.5 Å². The number of fused-ring (bicyclic) bond motifs is 1. The Morgan fingerprint density at radius 2 is 1.95 bits per heavy atom. The maximum absolute atomic E-state index is 11.8. The number of hydrogen-bond donors (Lipinski definition) is 2. The standard InChI is InChI=1S/C14H18N2O4S/c1-9(13(17)16-14(18)15-2)21-10-4-5-11-12(8-10)20-7-3-6-19-11/h4-5,8-9H,3,6-7H2,1-2H3,(H2,15,16,17,18). The summed E-state index contributed by atoms with van der Waals surface area (Å²) in [4.78, 5) is 23.8. The molecule has 1 heterocycles. The highest BCUT2D eigenvalue weighted by Gasteiger charge is 2.18. The summed E-state index contributed by atoms with van der Waals surface area (Å²) < 4.78 is 11.2. The van der Waals surface area contributed by atoms with Crippen LogP contribution >= 0.6 is 11.8 Å². The summed E-state index contributed by atoms with van der Waals surface area (Å²) in [5, 5.41) is 4.21. The van der Waals surface area contributed by atoms with Crippen LogP contribution in [0.4, 0.5) is 4.79 Å². The first-order chi connectivity index (χ1) is 10.1. The molecule has 1 aliphatic rings. The van der Waals surface area contributed by atoms with E-state index >= 15 is 0 Å². The molecule has 0 saturated carbocycles. The van der Waals surface area contributed by atoms with Gasteiger partial charge in [-0.1, -0.05) is 0 Å². The van der Waals surface area contributed by atoms with E-state index in [0.29, 0.717) is 19.0 Å². The van der Waals surface area contributed by atoms with Gasteiger partial charge < -0.3 is 14.8 Å². The predicted molar refractivity (Wildman–Crippen MR) is 80.0 cm³/mol. The van der Waals surface area contributed by atoms with E-state index in [1.165, 1.54) is 18.8 Å². The second kappa shape index (κ2) is 7.21. The van der Waals surface area contributed by atoms with E-state index in [4.69, 9.17) is 9.47 Å². The monoisotopic (exact) mass is 310 g/mol. The highest BCUT2D eigenvalue weighted by molar-refractivity contribution is 8.00. The van der Waals surface area contributed by atoms with Gasteiger partial charge in [-0.3, -0.25) is 10.1 Å².